The molecule has 4 saturated carbocycles. The highest BCUT2D eigenvalue weighted by molar-refractivity contribution is 5.15. The highest BCUT2D eigenvalue weighted by Crippen LogP contribution is 2.67. The van der Waals surface area contributed by atoms with Gasteiger partial charge in [-0.05, 0) is 85.4 Å². The Morgan fingerprint density at radius 3 is 2.29 bits per heavy atom. The molecule has 5 unspecified atom stereocenters. The molecule has 4 aliphatic rings. The van der Waals surface area contributed by atoms with E-state index < -0.39 is 12.2 Å². The van der Waals surface area contributed by atoms with Crippen LogP contribution >= 0.6 is 0 Å². The monoisotopic (exact) mass is 333 g/mol. The Hall–Kier alpha value is -0.380. The molecule has 4 N–H and O–H groups in total. The minimum Gasteiger partial charge on any atom is -0.390 e. The lowest BCUT2D eigenvalue weighted by Crippen LogP contribution is -2.64. The van der Waals surface area contributed by atoms with E-state index in [1.807, 2.05) is 0 Å². The molecule has 3 nitrogen and oxygen atoms in total. The summed E-state index contributed by atoms with van der Waals surface area (Å²) < 4.78 is 0. The summed E-state index contributed by atoms with van der Waals surface area (Å²) in [6.45, 7) is 8.88. The van der Waals surface area contributed by atoms with Crippen molar-refractivity contribution in [3.05, 3.63) is 12.7 Å². The predicted molar refractivity (Wildman–Crippen MR) is 96.2 cm³/mol. The molecular formula is C21H35NO2. The number of aliphatic hydroxyl groups excluding tert-OH is 2. The SMILES string of the molecule is C=C[C@H]1CCC2C3C(O)[C@H](O)C4C[C@@H](N)CC[C@]4(C)C3CC[C@@]21C. The third kappa shape index (κ3) is 2.07. The molecule has 0 heterocycles. The first-order valence-electron chi connectivity index (χ1n) is 10.1. The predicted octanol–water partition coefficient (Wildman–Crippen LogP) is 3.10. The first-order valence-corrected chi connectivity index (χ1v) is 10.1. The standard InChI is InChI=1S/C21H35NO2/c1-4-12-5-6-14-17-15(8-10-20(12,14)2)21(3)9-7-13(22)11-16(21)18(23)19(17)24/h4,12-19,23-24H,1,5-11,22H2,2-3H3/t12-,13-,14?,15?,16?,17?,18+,19?,20+,21+/m0/s1. The van der Waals surface area contributed by atoms with Gasteiger partial charge in [-0.1, -0.05) is 19.9 Å². The molecule has 24 heavy (non-hydrogen) atoms. The van der Waals surface area contributed by atoms with Crippen molar-refractivity contribution in [1.82, 2.24) is 0 Å². The Kier molecular flexibility index (Phi) is 3.95. The number of nitrogens with two attached hydrogens (primary N) is 1. The molecule has 0 aromatic heterocycles. The molecule has 0 saturated heterocycles. The summed E-state index contributed by atoms with van der Waals surface area (Å²) in [5.74, 6) is 2.04. The summed E-state index contributed by atoms with van der Waals surface area (Å²) in [5.41, 5.74) is 6.62. The van der Waals surface area contributed by atoms with Gasteiger partial charge >= 0.3 is 0 Å². The lowest BCUT2D eigenvalue weighted by Gasteiger charge is -2.63. The maximum absolute atomic E-state index is 11.1. The van der Waals surface area contributed by atoms with Crippen molar-refractivity contribution in [2.75, 3.05) is 0 Å². The minimum absolute atomic E-state index is 0.146. The molecule has 0 aromatic carbocycles. The van der Waals surface area contributed by atoms with Crippen LogP contribution in [0.4, 0.5) is 0 Å². The topological polar surface area (TPSA) is 66.5 Å². The molecule has 3 heteroatoms. The smallest absolute Gasteiger partial charge is 0.0836 e. The van der Waals surface area contributed by atoms with E-state index in [0.29, 0.717) is 17.8 Å². The summed E-state index contributed by atoms with van der Waals surface area (Å²) in [6, 6.07) is 0.187. The summed E-state index contributed by atoms with van der Waals surface area (Å²) in [5, 5.41) is 22.1. The van der Waals surface area contributed by atoms with Crippen LogP contribution < -0.4 is 5.73 Å². The Bertz CT molecular complexity index is 522. The van der Waals surface area contributed by atoms with Crippen LogP contribution in [0.15, 0.2) is 12.7 Å². The molecule has 10 atom stereocenters. The Labute approximate surface area is 146 Å². The maximum atomic E-state index is 11.1. The zero-order valence-electron chi connectivity index (χ0n) is 15.3. The van der Waals surface area contributed by atoms with Crippen LogP contribution in [0.3, 0.4) is 0 Å². The number of rotatable bonds is 1. The van der Waals surface area contributed by atoms with Crippen molar-refractivity contribution in [1.29, 1.82) is 0 Å². The van der Waals surface area contributed by atoms with E-state index in [1.165, 1.54) is 25.7 Å². The quantitative estimate of drug-likeness (QED) is 0.646. The van der Waals surface area contributed by atoms with Crippen molar-refractivity contribution in [2.24, 2.45) is 46.2 Å². The molecule has 4 fully saturated rings. The first-order chi connectivity index (χ1) is 11.3. The first kappa shape index (κ1) is 17.1. The second-order valence-electron chi connectivity index (χ2n) is 9.88. The normalized spacial score (nSPS) is 60.0. The van der Waals surface area contributed by atoms with Crippen LogP contribution in [0.1, 0.15) is 58.8 Å². The second-order valence-corrected chi connectivity index (χ2v) is 9.88. The van der Waals surface area contributed by atoms with Crippen molar-refractivity contribution in [3.8, 4) is 0 Å². The average molecular weight is 334 g/mol. The largest absolute Gasteiger partial charge is 0.390 e. The highest BCUT2D eigenvalue weighted by atomic mass is 16.3. The number of hydrogen-bond acceptors (Lipinski definition) is 3. The van der Waals surface area contributed by atoms with E-state index in [-0.39, 0.29) is 28.7 Å². The van der Waals surface area contributed by atoms with Crippen LogP contribution in [-0.2, 0) is 0 Å². The molecular weight excluding hydrogens is 298 g/mol. The van der Waals surface area contributed by atoms with E-state index in [0.717, 1.165) is 19.3 Å². The molecule has 0 spiro atoms. The van der Waals surface area contributed by atoms with Gasteiger partial charge in [-0.2, -0.15) is 0 Å². The summed E-state index contributed by atoms with van der Waals surface area (Å²) in [6.07, 6.45) is 8.82. The van der Waals surface area contributed by atoms with Crippen LogP contribution in [0.2, 0.25) is 0 Å². The van der Waals surface area contributed by atoms with Crippen LogP contribution in [-0.4, -0.2) is 28.5 Å². The summed E-state index contributed by atoms with van der Waals surface area (Å²) in [7, 11) is 0. The second kappa shape index (κ2) is 5.56. The lowest BCUT2D eigenvalue weighted by molar-refractivity contribution is -0.214. The van der Waals surface area contributed by atoms with Gasteiger partial charge in [0.05, 0.1) is 12.2 Å². The fraction of sp³-hybridized carbons (Fsp3) is 0.905. The Balaban J connectivity index is 1.71. The van der Waals surface area contributed by atoms with Crippen molar-refractivity contribution in [3.63, 3.8) is 0 Å². The van der Waals surface area contributed by atoms with Gasteiger partial charge < -0.3 is 15.9 Å². The average Bonchev–Trinajstić information content (AvgIpc) is 2.90. The third-order valence-electron chi connectivity index (χ3n) is 9.15. The molecule has 0 radical (unpaired) electrons. The zero-order valence-corrected chi connectivity index (χ0v) is 15.3. The number of aliphatic hydroxyl groups is 2. The van der Waals surface area contributed by atoms with E-state index in [4.69, 9.17) is 5.73 Å². The van der Waals surface area contributed by atoms with Crippen LogP contribution in [0.25, 0.3) is 0 Å². The number of fused-ring (bicyclic) bond motifs is 5. The van der Waals surface area contributed by atoms with Gasteiger partial charge in [-0.3, -0.25) is 0 Å². The molecule has 4 rings (SSSR count). The Morgan fingerprint density at radius 1 is 0.917 bits per heavy atom. The van der Waals surface area contributed by atoms with Crippen molar-refractivity contribution >= 4 is 0 Å². The summed E-state index contributed by atoms with van der Waals surface area (Å²) in [4.78, 5) is 0. The van der Waals surface area contributed by atoms with Crippen molar-refractivity contribution < 1.29 is 10.2 Å². The maximum Gasteiger partial charge on any atom is 0.0836 e. The summed E-state index contributed by atoms with van der Waals surface area (Å²) >= 11 is 0. The number of hydrogen-bond donors (Lipinski definition) is 3. The molecule has 0 aliphatic heterocycles. The molecule has 0 amide bonds. The molecule has 4 aliphatic carbocycles. The van der Waals surface area contributed by atoms with E-state index in [2.05, 4.69) is 26.5 Å². The highest BCUT2D eigenvalue weighted by Gasteiger charge is 2.64. The molecule has 136 valence electrons. The van der Waals surface area contributed by atoms with Crippen molar-refractivity contribution in [2.45, 2.75) is 77.0 Å². The Morgan fingerprint density at radius 2 is 1.58 bits per heavy atom. The van der Waals surface area contributed by atoms with Gasteiger partial charge in [0.25, 0.3) is 0 Å². The van der Waals surface area contributed by atoms with E-state index in [9.17, 15) is 10.2 Å². The number of allylic oxidation sites excluding steroid dienone is 1. The third-order valence-corrected chi connectivity index (χ3v) is 9.15. The van der Waals surface area contributed by atoms with Crippen LogP contribution in [0, 0.1) is 40.4 Å². The van der Waals surface area contributed by atoms with Gasteiger partial charge in [0.1, 0.15) is 0 Å². The van der Waals surface area contributed by atoms with E-state index >= 15 is 0 Å². The zero-order chi connectivity index (χ0) is 17.3. The van der Waals surface area contributed by atoms with E-state index in [1.54, 1.807) is 0 Å². The van der Waals surface area contributed by atoms with Gasteiger partial charge in [0.2, 0.25) is 0 Å². The fourth-order valence-electron chi connectivity index (χ4n) is 7.72. The van der Waals surface area contributed by atoms with Gasteiger partial charge in [-0.15, -0.1) is 6.58 Å². The van der Waals surface area contributed by atoms with Gasteiger partial charge in [0.15, 0.2) is 0 Å². The fourth-order valence-corrected chi connectivity index (χ4v) is 7.72. The molecule has 0 bridgehead atoms. The van der Waals surface area contributed by atoms with Gasteiger partial charge in [-0.25, -0.2) is 0 Å². The molecule has 0 aromatic rings. The van der Waals surface area contributed by atoms with Gasteiger partial charge in [0, 0.05) is 6.04 Å². The minimum atomic E-state index is -0.604. The van der Waals surface area contributed by atoms with Crippen LogP contribution in [0.5, 0.6) is 0 Å². The lowest BCUT2D eigenvalue weighted by atomic mass is 9.43.